The average molecular weight is 452 g/mol. The smallest absolute Gasteiger partial charge is 0.234 e. The van der Waals surface area contributed by atoms with Crippen molar-refractivity contribution in [2.45, 2.75) is 44.6 Å². The fraction of sp³-hybridized carbons (Fsp3) is 0.333. The molecule has 1 saturated heterocycles. The fourth-order valence-corrected chi connectivity index (χ4v) is 4.16. The second kappa shape index (κ2) is 8.70. The zero-order valence-corrected chi connectivity index (χ0v) is 17.9. The van der Waals surface area contributed by atoms with Crippen LogP contribution in [0.1, 0.15) is 49.3 Å². The van der Waals surface area contributed by atoms with Crippen LogP contribution in [0.25, 0.3) is 0 Å². The van der Waals surface area contributed by atoms with Crippen molar-refractivity contribution in [2.75, 3.05) is 0 Å². The largest absolute Gasteiger partial charge is 0.351 e. The van der Waals surface area contributed by atoms with Crippen LogP contribution in [0.4, 0.5) is 4.39 Å². The van der Waals surface area contributed by atoms with Crippen LogP contribution in [-0.4, -0.2) is 22.7 Å². The number of imide groups is 1. The zero-order chi connectivity index (χ0) is 22.1. The van der Waals surface area contributed by atoms with Crippen LogP contribution in [-0.2, 0) is 26.3 Å². The molecular formula is C21H20Cl2FN3O3. The first-order chi connectivity index (χ1) is 14.1. The maximum absolute atomic E-state index is 13.4. The number of aromatic nitrogens is 1. The molecule has 2 N–H and O–H groups in total. The third-order valence-corrected chi connectivity index (χ3v) is 5.82. The van der Waals surface area contributed by atoms with Crippen LogP contribution in [0, 0.1) is 5.95 Å². The van der Waals surface area contributed by atoms with Crippen molar-refractivity contribution in [3.63, 3.8) is 0 Å². The normalized spacial score (nSPS) is 16.9. The molecule has 2 aromatic rings. The molecule has 0 spiro atoms. The summed E-state index contributed by atoms with van der Waals surface area (Å²) >= 11 is 12.8. The summed E-state index contributed by atoms with van der Waals surface area (Å²) in [6.07, 6.45) is 1.86. The number of nitrogens with zero attached hydrogens (tertiary/aromatic N) is 1. The molecule has 30 heavy (non-hydrogen) atoms. The number of carbonyl (C=O) groups is 3. The molecule has 1 unspecified atom stereocenters. The second-order valence-corrected chi connectivity index (χ2v) is 8.47. The summed E-state index contributed by atoms with van der Waals surface area (Å²) in [4.78, 5) is 39.7. The highest BCUT2D eigenvalue weighted by molar-refractivity contribution is 6.36. The van der Waals surface area contributed by atoms with E-state index in [1.807, 2.05) is 0 Å². The number of nitrogens with one attached hydrogen (secondary N) is 2. The molecule has 6 nitrogen and oxygen atoms in total. The number of piperidine rings is 1. The van der Waals surface area contributed by atoms with Gasteiger partial charge in [-0.15, -0.1) is 0 Å². The van der Waals surface area contributed by atoms with E-state index in [4.69, 9.17) is 23.2 Å². The fourth-order valence-electron chi connectivity index (χ4n) is 3.37. The van der Waals surface area contributed by atoms with E-state index in [0.29, 0.717) is 23.1 Å². The average Bonchev–Trinajstić information content (AvgIpc) is 2.67. The molecule has 1 aliphatic rings. The monoisotopic (exact) mass is 451 g/mol. The molecule has 158 valence electrons. The van der Waals surface area contributed by atoms with Gasteiger partial charge in [0.25, 0.3) is 0 Å². The standard InChI is InChI=1S/C21H20Cl2FN3O3/c1-21(2,12-5-6-25-16(24)9-12)20(30)26-10-11-7-14(22)18(15(23)8-11)13-3-4-17(28)27-19(13)29/h5-9,13H,3-4,10H2,1-2H3,(H,26,30)(H,27,28,29). The van der Waals surface area contributed by atoms with E-state index in [1.54, 1.807) is 32.0 Å². The van der Waals surface area contributed by atoms with Gasteiger partial charge in [-0.05, 0) is 55.7 Å². The minimum atomic E-state index is -0.982. The van der Waals surface area contributed by atoms with Crippen molar-refractivity contribution >= 4 is 40.9 Å². The Hall–Kier alpha value is -2.51. The molecule has 0 bridgehead atoms. The summed E-state index contributed by atoms with van der Waals surface area (Å²) in [5.41, 5.74) is 0.623. The number of hydrogen-bond donors (Lipinski definition) is 2. The Labute approximate surface area is 183 Å². The first-order valence-electron chi connectivity index (χ1n) is 9.31. The number of halogens is 3. The Bertz CT molecular complexity index is 1000. The highest BCUT2D eigenvalue weighted by Gasteiger charge is 2.32. The molecule has 1 aliphatic heterocycles. The predicted octanol–water partition coefficient (Wildman–Crippen LogP) is 3.64. The Balaban J connectivity index is 1.74. The van der Waals surface area contributed by atoms with Gasteiger partial charge in [-0.1, -0.05) is 23.2 Å². The van der Waals surface area contributed by atoms with E-state index >= 15 is 0 Å². The van der Waals surface area contributed by atoms with E-state index in [2.05, 4.69) is 15.6 Å². The van der Waals surface area contributed by atoms with Gasteiger partial charge >= 0.3 is 0 Å². The molecule has 3 rings (SSSR count). The van der Waals surface area contributed by atoms with Crippen molar-refractivity contribution < 1.29 is 18.8 Å². The van der Waals surface area contributed by atoms with Crippen LogP contribution in [0.5, 0.6) is 0 Å². The molecule has 1 fully saturated rings. The van der Waals surface area contributed by atoms with Gasteiger partial charge in [0.1, 0.15) is 0 Å². The van der Waals surface area contributed by atoms with E-state index in [1.165, 1.54) is 12.3 Å². The number of rotatable bonds is 5. The lowest BCUT2D eigenvalue weighted by Gasteiger charge is -2.25. The molecular weight excluding hydrogens is 432 g/mol. The minimum absolute atomic E-state index is 0.144. The summed E-state index contributed by atoms with van der Waals surface area (Å²) < 4.78 is 13.4. The molecule has 3 amide bonds. The van der Waals surface area contributed by atoms with Crippen molar-refractivity contribution in [3.05, 3.63) is 63.1 Å². The molecule has 0 radical (unpaired) electrons. The van der Waals surface area contributed by atoms with Crippen LogP contribution in [0.2, 0.25) is 10.0 Å². The van der Waals surface area contributed by atoms with Crippen LogP contribution in [0.15, 0.2) is 30.5 Å². The third-order valence-electron chi connectivity index (χ3n) is 5.20. The van der Waals surface area contributed by atoms with Gasteiger partial charge in [0, 0.05) is 34.8 Å². The van der Waals surface area contributed by atoms with Crippen molar-refractivity contribution in [2.24, 2.45) is 0 Å². The van der Waals surface area contributed by atoms with Gasteiger partial charge in [-0.2, -0.15) is 4.39 Å². The number of hydrogen-bond acceptors (Lipinski definition) is 4. The molecule has 9 heteroatoms. The highest BCUT2D eigenvalue weighted by atomic mass is 35.5. The van der Waals surface area contributed by atoms with E-state index in [-0.39, 0.29) is 34.8 Å². The highest BCUT2D eigenvalue weighted by Crippen LogP contribution is 2.37. The van der Waals surface area contributed by atoms with Gasteiger partial charge in [0.15, 0.2) is 0 Å². The molecule has 0 aliphatic carbocycles. The summed E-state index contributed by atoms with van der Waals surface area (Å²) in [7, 11) is 0. The molecule has 1 atom stereocenters. The topological polar surface area (TPSA) is 88.2 Å². The third kappa shape index (κ3) is 4.63. The minimum Gasteiger partial charge on any atom is -0.351 e. The summed E-state index contributed by atoms with van der Waals surface area (Å²) in [5.74, 6) is -2.32. The summed E-state index contributed by atoms with van der Waals surface area (Å²) in [5, 5.41) is 5.67. The first-order valence-corrected chi connectivity index (χ1v) is 10.1. The van der Waals surface area contributed by atoms with Crippen LogP contribution >= 0.6 is 23.2 Å². The Morgan fingerprint density at radius 1 is 1.27 bits per heavy atom. The van der Waals surface area contributed by atoms with Crippen LogP contribution < -0.4 is 10.6 Å². The lowest BCUT2D eigenvalue weighted by molar-refractivity contribution is -0.134. The van der Waals surface area contributed by atoms with E-state index in [0.717, 1.165) is 0 Å². The van der Waals surface area contributed by atoms with E-state index < -0.39 is 23.2 Å². The second-order valence-electron chi connectivity index (χ2n) is 7.65. The van der Waals surface area contributed by atoms with Gasteiger partial charge in [-0.25, -0.2) is 4.98 Å². The number of carbonyl (C=O) groups excluding carboxylic acids is 3. The van der Waals surface area contributed by atoms with Crippen molar-refractivity contribution in [1.82, 2.24) is 15.6 Å². The lowest BCUT2D eigenvalue weighted by atomic mass is 9.84. The molecule has 1 aromatic carbocycles. The quantitative estimate of drug-likeness (QED) is 0.536. The SMILES string of the molecule is CC(C)(C(=O)NCc1cc(Cl)c(C2CCC(=O)NC2=O)c(Cl)c1)c1ccnc(F)c1. The Kier molecular flexibility index (Phi) is 6.43. The lowest BCUT2D eigenvalue weighted by Crippen LogP contribution is -2.40. The zero-order valence-electron chi connectivity index (χ0n) is 16.4. The Morgan fingerprint density at radius 2 is 1.93 bits per heavy atom. The number of amides is 3. The summed E-state index contributed by atoms with van der Waals surface area (Å²) in [6.45, 7) is 3.51. The number of pyridine rings is 1. The number of benzene rings is 1. The first kappa shape index (κ1) is 22.2. The maximum Gasteiger partial charge on any atom is 0.234 e. The van der Waals surface area contributed by atoms with Crippen molar-refractivity contribution in [1.29, 1.82) is 0 Å². The predicted molar refractivity (Wildman–Crippen MR) is 111 cm³/mol. The van der Waals surface area contributed by atoms with E-state index in [9.17, 15) is 18.8 Å². The molecule has 0 saturated carbocycles. The molecule has 2 heterocycles. The van der Waals surface area contributed by atoms with Gasteiger partial charge in [0.05, 0.1) is 11.3 Å². The van der Waals surface area contributed by atoms with Gasteiger partial charge in [-0.3, -0.25) is 19.7 Å². The van der Waals surface area contributed by atoms with Crippen molar-refractivity contribution in [3.8, 4) is 0 Å². The summed E-state index contributed by atoms with van der Waals surface area (Å²) in [6, 6.07) is 6.07. The van der Waals surface area contributed by atoms with Gasteiger partial charge < -0.3 is 5.32 Å². The van der Waals surface area contributed by atoms with Crippen LogP contribution in [0.3, 0.4) is 0 Å². The van der Waals surface area contributed by atoms with Gasteiger partial charge in [0.2, 0.25) is 23.7 Å². The molecule has 1 aromatic heterocycles. The Morgan fingerprint density at radius 3 is 2.53 bits per heavy atom. The maximum atomic E-state index is 13.4.